The lowest BCUT2D eigenvalue weighted by Crippen LogP contribution is -2.36. The highest BCUT2D eigenvalue weighted by Crippen LogP contribution is 2.29. The van der Waals surface area contributed by atoms with Crippen molar-refractivity contribution in [1.29, 1.82) is 0 Å². The molecule has 0 unspecified atom stereocenters. The second-order valence-corrected chi connectivity index (χ2v) is 9.74. The van der Waals surface area contributed by atoms with Crippen LogP contribution in [-0.2, 0) is 21.1 Å². The topological polar surface area (TPSA) is 80.5 Å². The van der Waals surface area contributed by atoms with Crippen LogP contribution in [0.5, 0.6) is 0 Å². The van der Waals surface area contributed by atoms with Crippen LogP contribution in [0.3, 0.4) is 0 Å². The summed E-state index contributed by atoms with van der Waals surface area (Å²) in [5, 5.41) is 3.86. The fraction of sp³-hybridized carbons (Fsp3) is 0.304. The van der Waals surface area contributed by atoms with Gasteiger partial charge in [0, 0.05) is 30.3 Å². The van der Waals surface area contributed by atoms with E-state index in [9.17, 15) is 13.2 Å². The molecule has 0 spiro atoms. The zero-order chi connectivity index (χ0) is 21.3. The number of aromatic nitrogens is 1. The third kappa shape index (κ3) is 4.03. The van der Waals surface area contributed by atoms with E-state index in [0.29, 0.717) is 23.4 Å². The molecule has 0 saturated carbocycles. The molecule has 156 valence electrons. The Balaban J connectivity index is 1.53. The number of benzene rings is 2. The fourth-order valence-corrected chi connectivity index (χ4v) is 5.38. The Morgan fingerprint density at radius 1 is 1.13 bits per heavy atom. The quantitative estimate of drug-likeness (QED) is 0.616. The first-order valence-electron chi connectivity index (χ1n) is 10.0. The molecule has 1 aliphatic heterocycles. The molecule has 4 rings (SSSR count). The van der Waals surface area contributed by atoms with Crippen molar-refractivity contribution in [1.82, 2.24) is 5.16 Å². The molecule has 0 saturated heterocycles. The zero-order valence-electron chi connectivity index (χ0n) is 17.1. The van der Waals surface area contributed by atoms with Crippen LogP contribution in [0.4, 0.5) is 5.69 Å². The normalized spacial score (nSPS) is 13.9. The van der Waals surface area contributed by atoms with Gasteiger partial charge in [0.1, 0.15) is 0 Å². The number of para-hydroxylation sites is 1. The van der Waals surface area contributed by atoms with Gasteiger partial charge in [-0.25, -0.2) is 8.42 Å². The smallest absolute Gasteiger partial charge is 0.228 e. The molecular formula is C23H24N2O4S. The Morgan fingerprint density at radius 2 is 1.93 bits per heavy atom. The van der Waals surface area contributed by atoms with E-state index in [2.05, 4.69) is 5.16 Å². The molecule has 1 amide bonds. The minimum absolute atomic E-state index is 0.0538. The largest absolute Gasteiger partial charge is 0.356 e. The van der Waals surface area contributed by atoms with Gasteiger partial charge in [0.2, 0.25) is 5.91 Å². The average Bonchev–Trinajstić information content (AvgIpc) is 3.18. The fourth-order valence-electron chi connectivity index (χ4n) is 3.85. The molecular weight excluding hydrogens is 400 g/mol. The number of carbonyl (C=O) groups is 1. The molecule has 0 atom stereocenters. The van der Waals surface area contributed by atoms with Crippen LogP contribution in [-0.4, -0.2) is 31.8 Å². The molecule has 30 heavy (non-hydrogen) atoms. The van der Waals surface area contributed by atoms with Crippen LogP contribution in [0.1, 0.15) is 29.7 Å². The molecule has 1 aliphatic rings. The highest BCUT2D eigenvalue weighted by molar-refractivity contribution is 7.91. The molecule has 0 fully saturated rings. The number of amides is 1. The van der Waals surface area contributed by atoms with Gasteiger partial charge in [-0.3, -0.25) is 4.79 Å². The Labute approximate surface area is 176 Å². The van der Waals surface area contributed by atoms with Gasteiger partial charge in [-0.05, 0) is 49.9 Å². The highest BCUT2D eigenvalue weighted by atomic mass is 32.2. The summed E-state index contributed by atoms with van der Waals surface area (Å²) in [6.07, 6.45) is 1.76. The first kappa shape index (κ1) is 20.3. The van der Waals surface area contributed by atoms with E-state index in [0.717, 1.165) is 29.8 Å². The summed E-state index contributed by atoms with van der Waals surface area (Å²) in [4.78, 5) is 14.8. The molecule has 0 radical (unpaired) electrons. The van der Waals surface area contributed by atoms with Crippen molar-refractivity contribution in [2.45, 2.75) is 38.0 Å². The molecule has 0 N–H and O–H groups in total. The maximum Gasteiger partial charge on any atom is 0.228 e. The summed E-state index contributed by atoms with van der Waals surface area (Å²) >= 11 is 0. The van der Waals surface area contributed by atoms with Crippen molar-refractivity contribution in [3.63, 3.8) is 0 Å². The monoisotopic (exact) mass is 424 g/mol. The minimum Gasteiger partial charge on any atom is -0.356 e. The standard InChI is InChI=1S/C23H24N2O4S/c1-16-9-10-19(21-14-17(2)24-29-21)15-22(16)30(27,28)13-11-23(26)25-12-5-7-18-6-3-4-8-20(18)25/h3-4,6,8-10,14-15H,5,7,11-13H2,1-2H3. The number of sulfone groups is 1. The zero-order valence-corrected chi connectivity index (χ0v) is 17.9. The number of fused-ring (bicyclic) bond motifs is 1. The number of hydrogen-bond acceptors (Lipinski definition) is 5. The Bertz CT molecular complexity index is 1200. The van der Waals surface area contributed by atoms with Gasteiger partial charge in [-0.2, -0.15) is 0 Å². The van der Waals surface area contributed by atoms with E-state index in [1.165, 1.54) is 0 Å². The van der Waals surface area contributed by atoms with Gasteiger partial charge in [-0.1, -0.05) is 35.5 Å². The van der Waals surface area contributed by atoms with E-state index < -0.39 is 9.84 Å². The summed E-state index contributed by atoms with van der Waals surface area (Å²) in [5.74, 6) is 0.125. The van der Waals surface area contributed by atoms with Gasteiger partial charge in [-0.15, -0.1) is 0 Å². The predicted octanol–water partition coefficient (Wildman–Crippen LogP) is 4.10. The number of nitrogens with zero attached hydrogens (tertiary/aromatic N) is 2. The SMILES string of the molecule is Cc1cc(-c2ccc(C)c(S(=O)(=O)CCC(=O)N3CCCc4ccccc43)c2)on1. The molecule has 2 aromatic carbocycles. The second-order valence-electron chi connectivity index (χ2n) is 7.66. The summed E-state index contributed by atoms with van der Waals surface area (Å²) in [5.41, 5.74) is 4.04. The number of hydrogen-bond donors (Lipinski definition) is 0. The number of aryl methyl sites for hydroxylation is 3. The lowest BCUT2D eigenvalue weighted by molar-refractivity contribution is -0.118. The maximum absolute atomic E-state index is 13.1. The molecule has 7 heteroatoms. The van der Waals surface area contributed by atoms with Gasteiger partial charge in [0.15, 0.2) is 15.6 Å². The van der Waals surface area contributed by atoms with Gasteiger partial charge in [0.25, 0.3) is 0 Å². The molecule has 0 bridgehead atoms. The number of rotatable bonds is 5. The molecule has 3 aromatic rings. The molecule has 1 aromatic heterocycles. The summed E-state index contributed by atoms with van der Waals surface area (Å²) in [6, 6.07) is 14.7. The molecule has 2 heterocycles. The average molecular weight is 425 g/mol. The first-order valence-corrected chi connectivity index (χ1v) is 11.7. The third-order valence-corrected chi connectivity index (χ3v) is 7.28. The second kappa shape index (κ2) is 8.07. The van der Waals surface area contributed by atoms with Crippen molar-refractivity contribution in [3.05, 3.63) is 65.4 Å². The van der Waals surface area contributed by atoms with E-state index in [-0.39, 0.29) is 23.0 Å². The summed E-state index contributed by atoms with van der Waals surface area (Å²) in [7, 11) is -3.64. The number of carbonyl (C=O) groups excluding carboxylic acids is 1. The third-order valence-electron chi connectivity index (χ3n) is 5.43. The highest BCUT2D eigenvalue weighted by Gasteiger charge is 2.25. The van der Waals surface area contributed by atoms with E-state index >= 15 is 0 Å². The van der Waals surface area contributed by atoms with Crippen molar-refractivity contribution in [2.24, 2.45) is 0 Å². The summed E-state index contributed by atoms with van der Waals surface area (Å²) in [6.45, 7) is 4.18. The Hall–Kier alpha value is -2.93. The van der Waals surface area contributed by atoms with Gasteiger partial charge in [0.05, 0.1) is 16.3 Å². The van der Waals surface area contributed by atoms with Crippen LogP contribution < -0.4 is 4.90 Å². The van der Waals surface area contributed by atoms with Crippen LogP contribution in [0.25, 0.3) is 11.3 Å². The number of anilines is 1. The Morgan fingerprint density at radius 3 is 2.70 bits per heavy atom. The van der Waals surface area contributed by atoms with E-state index in [1.54, 1.807) is 30.0 Å². The van der Waals surface area contributed by atoms with Crippen LogP contribution in [0.15, 0.2) is 57.9 Å². The molecule has 0 aliphatic carbocycles. The van der Waals surface area contributed by atoms with E-state index in [4.69, 9.17) is 4.52 Å². The van der Waals surface area contributed by atoms with Gasteiger partial charge >= 0.3 is 0 Å². The summed E-state index contributed by atoms with van der Waals surface area (Å²) < 4.78 is 31.4. The van der Waals surface area contributed by atoms with Crippen molar-refractivity contribution < 1.29 is 17.7 Å². The van der Waals surface area contributed by atoms with Gasteiger partial charge < -0.3 is 9.42 Å². The first-order chi connectivity index (χ1) is 14.3. The van der Waals surface area contributed by atoms with Crippen LogP contribution in [0, 0.1) is 13.8 Å². The predicted molar refractivity (Wildman–Crippen MR) is 115 cm³/mol. The van der Waals surface area contributed by atoms with Crippen molar-refractivity contribution >= 4 is 21.4 Å². The van der Waals surface area contributed by atoms with Crippen LogP contribution >= 0.6 is 0 Å². The molecule has 6 nitrogen and oxygen atoms in total. The van der Waals surface area contributed by atoms with Crippen molar-refractivity contribution in [2.75, 3.05) is 17.2 Å². The lowest BCUT2D eigenvalue weighted by atomic mass is 10.0. The van der Waals surface area contributed by atoms with Crippen molar-refractivity contribution in [3.8, 4) is 11.3 Å². The Kier molecular flexibility index (Phi) is 5.47. The maximum atomic E-state index is 13.1. The van der Waals surface area contributed by atoms with E-state index in [1.807, 2.05) is 37.3 Å². The minimum atomic E-state index is -3.64. The lowest BCUT2D eigenvalue weighted by Gasteiger charge is -2.29. The van der Waals surface area contributed by atoms with Crippen LogP contribution in [0.2, 0.25) is 0 Å².